The Morgan fingerprint density at radius 2 is 2.11 bits per heavy atom. The van der Waals surface area contributed by atoms with Crippen LogP contribution in [0.25, 0.3) is 0 Å². The summed E-state index contributed by atoms with van der Waals surface area (Å²) in [4.78, 5) is 12.0. The summed E-state index contributed by atoms with van der Waals surface area (Å²) in [5.74, 6) is 2.33. The van der Waals surface area contributed by atoms with E-state index in [1.807, 2.05) is 0 Å². The molecule has 2 aliphatic rings. The fraction of sp³-hybridized carbons (Fsp3) is 0.933. The summed E-state index contributed by atoms with van der Waals surface area (Å²) in [5, 5.41) is 6.59. The zero-order valence-electron chi connectivity index (χ0n) is 11.9. The first-order chi connectivity index (χ1) is 8.70. The lowest BCUT2D eigenvalue weighted by Crippen LogP contribution is -2.34. The van der Waals surface area contributed by atoms with Gasteiger partial charge in [0.25, 0.3) is 0 Å². The van der Waals surface area contributed by atoms with Crippen LogP contribution in [-0.2, 0) is 4.79 Å². The number of piperidine rings is 1. The van der Waals surface area contributed by atoms with E-state index in [0.717, 1.165) is 31.3 Å². The lowest BCUT2D eigenvalue weighted by atomic mass is 9.84. The Labute approximate surface area is 111 Å². The minimum Gasteiger partial charge on any atom is -0.353 e. The number of nitrogens with one attached hydrogen (secondary N) is 2. The quantitative estimate of drug-likeness (QED) is 0.761. The lowest BCUT2D eigenvalue weighted by molar-refractivity contribution is -0.122. The van der Waals surface area contributed by atoms with Crippen LogP contribution in [0.2, 0.25) is 0 Å². The summed E-state index contributed by atoms with van der Waals surface area (Å²) in [6.45, 7) is 6.71. The van der Waals surface area contributed by atoms with Gasteiger partial charge in [0.15, 0.2) is 0 Å². The van der Waals surface area contributed by atoms with Crippen molar-refractivity contribution in [2.24, 2.45) is 17.8 Å². The molecule has 0 aromatic heterocycles. The third-order valence-corrected chi connectivity index (χ3v) is 4.62. The Hall–Kier alpha value is -0.570. The van der Waals surface area contributed by atoms with E-state index < -0.39 is 0 Å². The number of rotatable bonds is 6. The molecular weight excluding hydrogens is 224 g/mol. The smallest absolute Gasteiger partial charge is 0.220 e. The average Bonchev–Trinajstić information content (AvgIpc) is 3.08. The molecule has 3 heteroatoms. The highest BCUT2D eigenvalue weighted by molar-refractivity contribution is 5.76. The monoisotopic (exact) mass is 252 g/mol. The second-order valence-electron chi connectivity index (χ2n) is 6.23. The third kappa shape index (κ3) is 3.98. The second-order valence-corrected chi connectivity index (χ2v) is 6.23. The molecule has 104 valence electrons. The first-order valence-corrected chi connectivity index (χ1v) is 7.70. The molecule has 1 heterocycles. The molecule has 0 spiro atoms. The van der Waals surface area contributed by atoms with Crippen molar-refractivity contribution < 1.29 is 4.79 Å². The van der Waals surface area contributed by atoms with E-state index in [0.29, 0.717) is 12.0 Å². The summed E-state index contributed by atoms with van der Waals surface area (Å²) < 4.78 is 0. The maximum Gasteiger partial charge on any atom is 0.220 e. The molecule has 0 radical (unpaired) electrons. The largest absolute Gasteiger partial charge is 0.353 e. The van der Waals surface area contributed by atoms with Crippen LogP contribution in [0.15, 0.2) is 0 Å². The fourth-order valence-electron chi connectivity index (χ4n) is 3.25. The molecule has 1 aliphatic heterocycles. The van der Waals surface area contributed by atoms with Crippen LogP contribution in [0.5, 0.6) is 0 Å². The molecule has 2 N–H and O–H groups in total. The van der Waals surface area contributed by atoms with Crippen LogP contribution in [0.3, 0.4) is 0 Å². The Morgan fingerprint density at radius 3 is 2.78 bits per heavy atom. The van der Waals surface area contributed by atoms with Gasteiger partial charge in [-0.05, 0) is 56.5 Å². The van der Waals surface area contributed by atoms with Gasteiger partial charge in [-0.15, -0.1) is 0 Å². The van der Waals surface area contributed by atoms with Gasteiger partial charge in [-0.25, -0.2) is 0 Å². The number of amides is 1. The maximum atomic E-state index is 12.0. The van der Waals surface area contributed by atoms with Gasteiger partial charge >= 0.3 is 0 Å². The minimum absolute atomic E-state index is 0.282. The van der Waals surface area contributed by atoms with Gasteiger partial charge in [-0.2, -0.15) is 0 Å². The molecule has 1 amide bonds. The zero-order valence-corrected chi connectivity index (χ0v) is 11.9. The molecule has 0 bridgehead atoms. The van der Waals surface area contributed by atoms with E-state index in [-0.39, 0.29) is 5.91 Å². The Morgan fingerprint density at radius 1 is 1.39 bits per heavy atom. The molecule has 3 nitrogen and oxygen atoms in total. The standard InChI is InChI=1S/C15H28N2O/c1-3-4-13-10-14(13)17-15(18)9-11(2)12-5-7-16-8-6-12/h11-14,16H,3-10H2,1-2H3,(H,17,18). The van der Waals surface area contributed by atoms with Crippen molar-refractivity contribution >= 4 is 5.91 Å². The highest BCUT2D eigenvalue weighted by atomic mass is 16.1. The Kier molecular flexibility index (Phi) is 5.04. The number of carbonyl (C=O) groups is 1. The third-order valence-electron chi connectivity index (χ3n) is 4.62. The molecule has 1 aliphatic carbocycles. The van der Waals surface area contributed by atoms with E-state index in [1.54, 1.807) is 0 Å². The number of hydrogen-bond acceptors (Lipinski definition) is 2. The SMILES string of the molecule is CCCC1CC1NC(=O)CC(C)C1CCNCC1. The molecule has 3 atom stereocenters. The van der Waals surface area contributed by atoms with Crippen molar-refractivity contribution in [3.63, 3.8) is 0 Å². The molecule has 0 aromatic rings. The summed E-state index contributed by atoms with van der Waals surface area (Å²) >= 11 is 0. The number of hydrogen-bond donors (Lipinski definition) is 2. The molecule has 0 aromatic carbocycles. The summed E-state index contributed by atoms with van der Waals surface area (Å²) in [6.07, 6.45) is 6.91. The Balaban J connectivity index is 1.64. The highest BCUT2D eigenvalue weighted by Gasteiger charge is 2.37. The lowest BCUT2D eigenvalue weighted by Gasteiger charge is -2.27. The number of carbonyl (C=O) groups excluding carboxylic acids is 1. The van der Waals surface area contributed by atoms with Crippen molar-refractivity contribution in [3.05, 3.63) is 0 Å². The van der Waals surface area contributed by atoms with Gasteiger partial charge in [0.2, 0.25) is 5.91 Å². The molecule has 2 fully saturated rings. The average molecular weight is 252 g/mol. The van der Waals surface area contributed by atoms with Crippen molar-refractivity contribution in [1.82, 2.24) is 10.6 Å². The van der Waals surface area contributed by atoms with Crippen LogP contribution >= 0.6 is 0 Å². The van der Waals surface area contributed by atoms with Crippen LogP contribution in [0, 0.1) is 17.8 Å². The van der Waals surface area contributed by atoms with Crippen LogP contribution in [-0.4, -0.2) is 25.0 Å². The van der Waals surface area contributed by atoms with Crippen LogP contribution < -0.4 is 10.6 Å². The van der Waals surface area contributed by atoms with E-state index >= 15 is 0 Å². The normalized spacial score (nSPS) is 29.9. The van der Waals surface area contributed by atoms with E-state index in [4.69, 9.17) is 0 Å². The predicted molar refractivity (Wildman–Crippen MR) is 74.3 cm³/mol. The summed E-state index contributed by atoms with van der Waals surface area (Å²) in [7, 11) is 0. The van der Waals surface area contributed by atoms with Gasteiger partial charge in [-0.1, -0.05) is 20.3 Å². The molecule has 1 saturated heterocycles. The topological polar surface area (TPSA) is 41.1 Å². The molecule has 2 rings (SSSR count). The summed E-state index contributed by atoms with van der Waals surface area (Å²) in [5.41, 5.74) is 0. The van der Waals surface area contributed by atoms with E-state index in [1.165, 1.54) is 32.1 Å². The van der Waals surface area contributed by atoms with Gasteiger partial charge in [-0.3, -0.25) is 4.79 Å². The van der Waals surface area contributed by atoms with Crippen molar-refractivity contribution in [3.8, 4) is 0 Å². The van der Waals surface area contributed by atoms with Gasteiger partial charge in [0.1, 0.15) is 0 Å². The molecular formula is C15H28N2O. The Bertz CT molecular complexity index is 274. The van der Waals surface area contributed by atoms with Gasteiger partial charge in [0.05, 0.1) is 0 Å². The summed E-state index contributed by atoms with van der Waals surface area (Å²) in [6, 6.07) is 0.498. The van der Waals surface area contributed by atoms with E-state index in [9.17, 15) is 4.79 Å². The van der Waals surface area contributed by atoms with Crippen molar-refractivity contribution in [2.45, 2.75) is 58.4 Å². The molecule has 3 unspecified atom stereocenters. The van der Waals surface area contributed by atoms with Gasteiger partial charge < -0.3 is 10.6 Å². The fourth-order valence-corrected chi connectivity index (χ4v) is 3.25. The maximum absolute atomic E-state index is 12.0. The second kappa shape index (κ2) is 6.55. The van der Waals surface area contributed by atoms with Crippen molar-refractivity contribution in [2.75, 3.05) is 13.1 Å². The highest BCUT2D eigenvalue weighted by Crippen LogP contribution is 2.34. The first-order valence-electron chi connectivity index (χ1n) is 7.70. The minimum atomic E-state index is 0.282. The molecule has 1 saturated carbocycles. The van der Waals surface area contributed by atoms with Crippen LogP contribution in [0.4, 0.5) is 0 Å². The van der Waals surface area contributed by atoms with Gasteiger partial charge in [0, 0.05) is 12.5 Å². The molecule has 18 heavy (non-hydrogen) atoms. The van der Waals surface area contributed by atoms with Crippen molar-refractivity contribution in [1.29, 1.82) is 0 Å². The van der Waals surface area contributed by atoms with E-state index in [2.05, 4.69) is 24.5 Å². The first kappa shape index (κ1) is 13.9. The predicted octanol–water partition coefficient (Wildman–Crippen LogP) is 2.32. The zero-order chi connectivity index (χ0) is 13.0. The van der Waals surface area contributed by atoms with Crippen LogP contribution in [0.1, 0.15) is 52.4 Å².